The van der Waals surface area contributed by atoms with Crippen LogP contribution < -0.4 is 0 Å². The predicted octanol–water partition coefficient (Wildman–Crippen LogP) is 5.79. The molecule has 0 amide bonds. The van der Waals surface area contributed by atoms with Gasteiger partial charge in [0.15, 0.2) is 14.1 Å². The molecule has 0 bridgehead atoms. The van der Waals surface area contributed by atoms with Crippen molar-refractivity contribution < 1.29 is 9.53 Å². The molecule has 4 heteroatoms. The minimum absolute atomic E-state index is 0.429. The van der Waals surface area contributed by atoms with Gasteiger partial charge in [-0.25, -0.2) is 0 Å². The quantitative estimate of drug-likeness (QED) is 0.490. The predicted molar refractivity (Wildman–Crippen MR) is 111 cm³/mol. The third kappa shape index (κ3) is 6.33. The van der Waals surface area contributed by atoms with E-state index in [0.29, 0.717) is 5.54 Å². The van der Waals surface area contributed by atoms with Gasteiger partial charge in [-0.15, -0.1) is 0 Å². The SMILES string of the molecule is CC1CCCN(C)C1(C)C.CC[Si](CC)(CC)OC1(O)CCCCC1. The number of aliphatic hydroxyl groups is 1. The number of likely N-dealkylation sites (tertiary alicyclic amines) is 1. The van der Waals surface area contributed by atoms with Crippen LogP contribution in [0, 0.1) is 5.92 Å². The lowest BCUT2D eigenvalue weighted by Crippen LogP contribution is -2.49. The molecule has 1 saturated carbocycles. The topological polar surface area (TPSA) is 32.7 Å². The van der Waals surface area contributed by atoms with E-state index in [-0.39, 0.29) is 0 Å². The zero-order valence-corrected chi connectivity index (χ0v) is 19.2. The largest absolute Gasteiger partial charge is 0.390 e. The summed E-state index contributed by atoms with van der Waals surface area (Å²) in [5, 5.41) is 10.4. The maximum absolute atomic E-state index is 10.4. The van der Waals surface area contributed by atoms with Crippen molar-refractivity contribution in [1.29, 1.82) is 0 Å². The summed E-state index contributed by atoms with van der Waals surface area (Å²) in [4.78, 5) is 2.47. The average molecular weight is 372 g/mol. The summed E-state index contributed by atoms with van der Waals surface area (Å²) in [6.45, 7) is 15.0. The van der Waals surface area contributed by atoms with Gasteiger partial charge in [-0.1, -0.05) is 34.1 Å². The van der Waals surface area contributed by atoms with Gasteiger partial charge in [-0.2, -0.15) is 0 Å². The molecule has 150 valence electrons. The van der Waals surface area contributed by atoms with Gasteiger partial charge in [0.1, 0.15) is 0 Å². The fraction of sp³-hybridized carbons (Fsp3) is 1.00. The van der Waals surface area contributed by atoms with Crippen molar-refractivity contribution in [1.82, 2.24) is 4.90 Å². The van der Waals surface area contributed by atoms with Crippen LogP contribution in [-0.2, 0) is 4.43 Å². The molecule has 0 aromatic heterocycles. The summed E-state index contributed by atoms with van der Waals surface area (Å²) in [7, 11) is 0.605. The number of hydrogen-bond donors (Lipinski definition) is 1. The van der Waals surface area contributed by atoms with E-state index in [9.17, 15) is 5.11 Å². The zero-order chi connectivity index (χ0) is 19.1. The van der Waals surface area contributed by atoms with Crippen LogP contribution in [-0.4, -0.2) is 43.2 Å². The lowest BCUT2D eigenvalue weighted by Gasteiger charge is -2.44. The zero-order valence-electron chi connectivity index (χ0n) is 18.2. The molecule has 1 aliphatic heterocycles. The molecule has 3 nitrogen and oxygen atoms in total. The molecular weight excluding hydrogens is 326 g/mol. The number of nitrogens with zero attached hydrogens (tertiary/aromatic N) is 1. The molecule has 25 heavy (non-hydrogen) atoms. The van der Waals surface area contributed by atoms with E-state index in [4.69, 9.17) is 4.43 Å². The van der Waals surface area contributed by atoms with Gasteiger partial charge in [-0.3, -0.25) is 0 Å². The Labute approximate surface area is 158 Å². The minimum atomic E-state index is -1.63. The van der Waals surface area contributed by atoms with E-state index < -0.39 is 14.1 Å². The van der Waals surface area contributed by atoms with Crippen LogP contribution in [0.2, 0.25) is 18.1 Å². The van der Waals surface area contributed by atoms with Crippen molar-refractivity contribution in [3.63, 3.8) is 0 Å². The standard InChI is InChI=1S/C12H26O2Si.C9H19N/c1-4-15(5-2,6-3)14-12(13)10-8-7-9-11-12;1-8-6-5-7-10(4)9(8,2)3/h13H,4-11H2,1-3H3;8H,5-7H2,1-4H3. The molecular formula is C21H45NO2Si. The van der Waals surface area contributed by atoms with Crippen molar-refractivity contribution in [3.05, 3.63) is 0 Å². The van der Waals surface area contributed by atoms with Crippen LogP contribution in [0.5, 0.6) is 0 Å². The fourth-order valence-electron chi connectivity index (χ4n) is 4.23. The Balaban J connectivity index is 0.000000271. The summed E-state index contributed by atoms with van der Waals surface area (Å²) >= 11 is 0. The summed E-state index contributed by atoms with van der Waals surface area (Å²) < 4.78 is 6.21. The molecule has 1 saturated heterocycles. The summed E-state index contributed by atoms with van der Waals surface area (Å²) in [6, 6.07) is 3.38. The Bertz CT molecular complexity index is 356. The Hall–Kier alpha value is 0.0969. The van der Waals surface area contributed by atoms with Crippen molar-refractivity contribution in [2.75, 3.05) is 13.6 Å². The van der Waals surface area contributed by atoms with E-state index in [1.165, 1.54) is 25.8 Å². The highest BCUT2D eigenvalue weighted by Crippen LogP contribution is 2.35. The fourth-order valence-corrected chi connectivity index (χ4v) is 7.17. The molecule has 0 spiro atoms. The minimum Gasteiger partial charge on any atom is -0.390 e. The Morgan fingerprint density at radius 3 is 1.92 bits per heavy atom. The Kier molecular flexibility index (Phi) is 9.13. The highest BCUT2D eigenvalue weighted by Gasteiger charge is 2.40. The molecule has 0 aromatic rings. The lowest BCUT2D eigenvalue weighted by molar-refractivity contribution is -0.166. The monoisotopic (exact) mass is 371 g/mol. The molecule has 2 rings (SSSR count). The molecule has 1 atom stereocenters. The van der Waals surface area contributed by atoms with Crippen molar-refractivity contribution in [3.8, 4) is 0 Å². The van der Waals surface area contributed by atoms with E-state index >= 15 is 0 Å². The molecule has 1 N–H and O–H groups in total. The second kappa shape index (κ2) is 9.87. The van der Waals surface area contributed by atoms with Crippen molar-refractivity contribution in [2.24, 2.45) is 5.92 Å². The van der Waals surface area contributed by atoms with Gasteiger partial charge in [-0.05, 0) is 77.2 Å². The van der Waals surface area contributed by atoms with Gasteiger partial charge in [0.2, 0.25) is 0 Å². The van der Waals surface area contributed by atoms with E-state index in [0.717, 1.165) is 49.7 Å². The van der Waals surface area contributed by atoms with Gasteiger partial charge in [0, 0.05) is 18.4 Å². The van der Waals surface area contributed by atoms with Gasteiger partial charge >= 0.3 is 0 Å². The normalized spacial score (nSPS) is 26.6. The molecule has 1 aliphatic carbocycles. The third-order valence-corrected chi connectivity index (χ3v) is 12.0. The van der Waals surface area contributed by atoms with E-state index in [2.05, 4.69) is 53.5 Å². The maximum atomic E-state index is 10.4. The van der Waals surface area contributed by atoms with Crippen molar-refractivity contribution >= 4 is 8.32 Å². The molecule has 2 aliphatic rings. The average Bonchev–Trinajstić information content (AvgIpc) is 2.59. The Morgan fingerprint density at radius 2 is 1.52 bits per heavy atom. The molecule has 2 fully saturated rings. The van der Waals surface area contributed by atoms with Crippen LogP contribution in [0.4, 0.5) is 0 Å². The van der Waals surface area contributed by atoms with Gasteiger partial charge < -0.3 is 14.4 Å². The van der Waals surface area contributed by atoms with Crippen LogP contribution >= 0.6 is 0 Å². The highest BCUT2D eigenvalue weighted by atomic mass is 28.4. The Morgan fingerprint density at radius 1 is 1.00 bits per heavy atom. The van der Waals surface area contributed by atoms with Crippen LogP contribution in [0.1, 0.15) is 86.5 Å². The van der Waals surface area contributed by atoms with Crippen LogP contribution in [0.25, 0.3) is 0 Å². The summed E-state index contributed by atoms with van der Waals surface area (Å²) in [5.41, 5.74) is 0.429. The second-order valence-corrected chi connectivity index (χ2v) is 13.7. The van der Waals surface area contributed by atoms with Gasteiger partial charge in [0.05, 0.1) is 0 Å². The first-order valence-corrected chi connectivity index (χ1v) is 13.3. The number of hydrogen-bond acceptors (Lipinski definition) is 3. The summed E-state index contributed by atoms with van der Waals surface area (Å²) in [6.07, 6.45) is 7.97. The molecule has 1 unspecified atom stereocenters. The van der Waals surface area contributed by atoms with Crippen LogP contribution in [0.3, 0.4) is 0 Å². The first kappa shape index (κ1) is 23.1. The first-order chi connectivity index (χ1) is 11.6. The van der Waals surface area contributed by atoms with E-state index in [1.807, 2.05) is 0 Å². The number of piperidine rings is 1. The van der Waals surface area contributed by atoms with E-state index in [1.54, 1.807) is 0 Å². The highest BCUT2D eigenvalue weighted by molar-refractivity contribution is 6.73. The third-order valence-electron chi connectivity index (χ3n) is 7.29. The second-order valence-electron chi connectivity index (χ2n) is 8.97. The smallest absolute Gasteiger partial charge is 0.195 e. The maximum Gasteiger partial charge on any atom is 0.195 e. The molecule has 0 radical (unpaired) electrons. The van der Waals surface area contributed by atoms with Crippen LogP contribution in [0.15, 0.2) is 0 Å². The van der Waals surface area contributed by atoms with Crippen molar-refractivity contribution in [2.45, 2.75) is 116 Å². The molecule has 1 heterocycles. The first-order valence-electron chi connectivity index (χ1n) is 10.8. The molecule has 0 aromatic carbocycles. The lowest BCUT2D eigenvalue weighted by atomic mass is 9.81. The summed E-state index contributed by atoms with van der Waals surface area (Å²) in [5.74, 6) is 0.0817. The number of rotatable bonds is 5. The van der Waals surface area contributed by atoms with Gasteiger partial charge in [0.25, 0.3) is 0 Å².